The fraction of sp³-hybridized carbons (Fsp3) is 0.333. The van der Waals surface area contributed by atoms with Crippen molar-refractivity contribution in [3.63, 3.8) is 0 Å². The molecular weight excluding hydrogens is 631 g/mol. The van der Waals surface area contributed by atoms with E-state index in [9.17, 15) is 9.59 Å². The van der Waals surface area contributed by atoms with Crippen molar-refractivity contribution in [1.82, 2.24) is 14.0 Å². The van der Waals surface area contributed by atoms with Crippen molar-refractivity contribution in [3.05, 3.63) is 108 Å². The second-order valence-corrected chi connectivity index (χ2v) is 26.4. The van der Waals surface area contributed by atoms with Crippen LogP contribution in [0.3, 0.4) is 0 Å². The van der Waals surface area contributed by atoms with Gasteiger partial charge < -0.3 is 18.6 Å². The Labute approximate surface area is 285 Å². The van der Waals surface area contributed by atoms with Gasteiger partial charge in [0.2, 0.25) is 0 Å². The van der Waals surface area contributed by atoms with E-state index < -0.39 is 16.1 Å². The molecule has 0 radical (unpaired) electrons. The Hall–Kier alpha value is -4.03. The van der Waals surface area contributed by atoms with E-state index in [2.05, 4.69) is 48.4 Å². The molecule has 0 fully saturated rings. The van der Waals surface area contributed by atoms with Crippen LogP contribution in [0.5, 0.6) is 0 Å². The molecule has 250 valence electrons. The minimum atomic E-state index is -1.25. The minimum Gasteiger partial charge on any atom is -0.361 e. The van der Waals surface area contributed by atoms with E-state index in [1.807, 2.05) is 91.3 Å². The van der Waals surface area contributed by atoms with Gasteiger partial charge in [0.05, 0.1) is 28.7 Å². The number of ether oxygens (including phenoxy) is 2. The van der Waals surface area contributed by atoms with Gasteiger partial charge in [0.15, 0.2) is 0 Å². The van der Waals surface area contributed by atoms with Crippen LogP contribution in [0.15, 0.2) is 91.3 Å². The van der Waals surface area contributed by atoms with Crippen LogP contribution in [-0.2, 0) is 39.1 Å². The number of carbonyl (C=O) groups is 2. The smallest absolute Gasteiger partial charge is 0.262 e. The average Bonchev–Trinajstić information content (AvgIpc) is 3.67. The van der Waals surface area contributed by atoms with Crippen LogP contribution >= 0.6 is 0 Å². The number of benzene rings is 3. The molecular formula is C39H47N3O4Si2. The fourth-order valence-electron chi connectivity index (χ4n) is 6.17. The molecule has 0 spiro atoms. The standard InChI is InChI=1S/C39H47N3O4Si2/c1-47(2,3)22-20-45-27-40-25-32(30-16-10-12-18-34(30)40)36-37(39(44)42(38(36)43)24-29-14-8-7-9-15-29)33-26-41(28-46-21-23-48(4,5)6)35-19-13-11-17-31(33)35/h7-19,25-26H,20-24,27-28H2,1-6H3. The lowest BCUT2D eigenvalue weighted by Crippen LogP contribution is -2.30. The molecule has 0 aliphatic carbocycles. The maximum absolute atomic E-state index is 14.6. The minimum absolute atomic E-state index is 0.197. The van der Waals surface area contributed by atoms with Crippen molar-refractivity contribution >= 4 is 60.9 Å². The number of para-hydroxylation sites is 2. The molecule has 6 rings (SSSR count). The van der Waals surface area contributed by atoms with Crippen molar-refractivity contribution in [2.75, 3.05) is 13.2 Å². The van der Waals surface area contributed by atoms with Crippen molar-refractivity contribution in [3.8, 4) is 0 Å². The van der Waals surface area contributed by atoms with E-state index in [1.54, 1.807) is 0 Å². The summed E-state index contributed by atoms with van der Waals surface area (Å²) < 4.78 is 16.5. The van der Waals surface area contributed by atoms with Gasteiger partial charge in [-0.3, -0.25) is 14.5 Å². The Kier molecular flexibility index (Phi) is 9.76. The number of aromatic nitrogens is 2. The van der Waals surface area contributed by atoms with E-state index in [1.165, 1.54) is 4.90 Å². The molecule has 0 atom stereocenters. The van der Waals surface area contributed by atoms with Gasteiger partial charge in [-0.1, -0.05) is 106 Å². The van der Waals surface area contributed by atoms with Crippen LogP contribution in [0.25, 0.3) is 33.0 Å². The molecule has 7 nitrogen and oxygen atoms in total. The molecule has 0 saturated carbocycles. The quantitative estimate of drug-likeness (QED) is 0.0670. The van der Waals surface area contributed by atoms with E-state index >= 15 is 0 Å². The summed E-state index contributed by atoms with van der Waals surface area (Å²) >= 11 is 0. The molecule has 5 aromatic rings. The summed E-state index contributed by atoms with van der Waals surface area (Å²) in [5.41, 5.74) is 5.17. The van der Waals surface area contributed by atoms with Crippen molar-refractivity contribution < 1.29 is 19.1 Å². The fourth-order valence-corrected chi connectivity index (χ4v) is 7.69. The Morgan fingerprint density at radius 2 is 0.979 bits per heavy atom. The zero-order valence-corrected chi connectivity index (χ0v) is 31.1. The van der Waals surface area contributed by atoms with Gasteiger partial charge in [0.25, 0.3) is 11.8 Å². The summed E-state index contributed by atoms with van der Waals surface area (Å²) in [6.45, 7) is 16.4. The number of amides is 2. The van der Waals surface area contributed by atoms with Crippen molar-refractivity contribution in [1.29, 1.82) is 0 Å². The number of nitrogens with zero attached hydrogens (tertiary/aromatic N) is 3. The second-order valence-electron chi connectivity index (χ2n) is 15.2. The van der Waals surface area contributed by atoms with Crippen LogP contribution in [-0.4, -0.2) is 55.2 Å². The third-order valence-corrected chi connectivity index (χ3v) is 12.3. The van der Waals surface area contributed by atoms with Gasteiger partial charge in [-0.2, -0.15) is 0 Å². The van der Waals surface area contributed by atoms with E-state index in [0.29, 0.717) is 37.8 Å². The topological polar surface area (TPSA) is 65.7 Å². The molecule has 1 aliphatic heterocycles. The zero-order valence-electron chi connectivity index (χ0n) is 29.1. The van der Waals surface area contributed by atoms with E-state index in [-0.39, 0.29) is 18.4 Å². The van der Waals surface area contributed by atoms with Crippen molar-refractivity contribution in [2.45, 2.75) is 71.4 Å². The molecule has 2 aromatic heterocycles. The highest BCUT2D eigenvalue weighted by Gasteiger charge is 2.41. The molecule has 48 heavy (non-hydrogen) atoms. The predicted octanol–water partition coefficient (Wildman–Crippen LogP) is 8.70. The van der Waals surface area contributed by atoms with Crippen LogP contribution in [0.2, 0.25) is 51.4 Å². The van der Waals surface area contributed by atoms with Gasteiger partial charge >= 0.3 is 0 Å². The number of imide groups is 1. The first kappa shape index (κ1) is 33.9. The SMILES string of the molecule is C[Si](C)(C)CCOCn1cc(C2=C(c3cn(COCC[Si](C)(C)C)c4ccccc34)C(=O)N(Cc3ccccc3)C2=O)c2ccccc21. The summed E-state index contributed by atoms with van der Waals surface area (Å²) in [5, 5.41) is 1.83. The monoisotopic (exact) mass is 677 g/mol. The van der Waals surface area contributed by atoms with E-state index in [4.69, 9.17) is 9.47 Å². The Balaban J connectivity index is 1.46. The first-order valence-corrected chi connectivity index (χ1v) is 24.3. The Morgan fingerprint density at radius 1 is 0.562 bits per heavy atom. The predicted molar refractivity (Wildman–Crippen MR) is 201 cm³/mol. The molecule has 3 heterocycles. The molecule has 3 aromatic carbocycles. The maximum Gasteiger partial charge on any atom is 0.262 e. The van der Waals surface area contributed by atoms with Gasteiger partial charge in [-0.05, 0) is 29.8 Å². The largest absolute Gasteiger partial charge is 0.361 e. The van der Waals surface area contributed by atoms with Crippen LogP contribution in [0.4, 0.5) is 0 Å². The molecule has 0 saturated heterocycles. The second kappa shape index (κ2) is 13.8. The molecule has 2 amide bonds. The lowest BCUT2D eigenvalue weighted by molar-refractivity contribution is -0.136. The van der Waals surface area contributed by atoms with Crippen LogP contribution < -0.4 is 0 Å². The Morgan fingerprint density at radius 3 is 1.42 bits per heavy atom. The molecule has 0 unspecified atom stereocenters. The summed E-state index contributed by atoms with van der Waals surface area (Å²) in [6.07, 6.45) is 3.98. The maximum atomic E-state index is 14.6. The van der Waals surface area contributed by atoms with Crippen molar-refractivity contribution in [2.24, 2.45) is 0 Å². The van der Waals surface area contributed by atoms with Gasteiger partial charge in [0, 0.05) is 63.7 Å². The number of hydrogen-bond donors (Lipinski definition) is 0. The van der Waals surface area contributed by atoms with Gasteiger partial charge in [-0.15, -0.1) is 0 Å². The zero-order chi connectivity index (χ0) is 34.1. The molecule has 1 aliphatic rings. The van der Waals surface area contributed by atoms with Crippen LogP contribution in [0.1, 0.15) is 16.7 Å². The van der Waals surface area contributed by atoms with Gasteiger partial charge in [-0.25, -0.2) is 0 Å². The highest BCUT2D eigenvalue weighted by molar-refractivity contribution is 6.76. The van der Waals surface area contributed by atoms with Crippen LogP contribution in [0, 0.1) is 0 Å². The summed E-state index contributed by atoms with van der Waals surface area (Å²) in [4.78, 5) is 30.5. The number of fused-ring (bicyclic) bond motifs is 2. The molecule has 0 bridgehead atoms. The first-order chi connectivity index (χ1) is 22.9. The lowest BCUT2D eigenvalue weighted by Gasteiger charge is -2.15. The number of hydrogen-bond acceptors (Lipinski definition) is 4. The third-order valence-electron chi connectivity index (χ3n) is 8.92. The highest BCUT2D eigenvalue weighted by atomic mass is 28.3. The summed E-state index contributed by atoms with van der Waals surface area (Å²) in [6, 6.07) is 28.0. The van der Waals surface area contributed by atoms with Gasteiger partial charge in [0.1, 0.15) is 13.5 Å². The number of rotatable bonds is 14. The lowest BCUT2D eigenvalue weighted by atomic mass is 9.95. The first-order valence-electron chi connectivity index (χ1n) is 16.9. The van der Waals surface area contributed by atoms with E-state index in [0.717, 1.165) is 50.6 Å². The Bertz CT molecular complexity index is 1860. The summed E-state index contributed by atoms with van der Waals surface area (Å²) in [5.74, 6) is -0.575. The summed E-state index contributed by atoms with van der Waals surface area (Å²) in [7, 11) is -2.49. The third kappa shape index (κ3) is 7.34. The highest BCUT2D eigenvalue weighted by Crippen LogP contribution is 2.42. The normalized spacial score (nSPS) is 14.3. The average molecular weight is 678 g/mol. The molecule has 9 heteroatoms. The number of carbonyl (C=O) groups excluding carboxylic acids is 2. The molecule has 0 N–H and O–H groups in total.